The van der Waals surface area contributed by atoms with Crippen LogP contribution < -0.4 is 0 Å². The van der Waals surface area contributed by atoms with Gasteiger partial charge in [0.2, 0.25) is 5.78 Å². The fourth-order valence-corrected chi connectivity index (χ4v) is 0.733. The molecule has 0 aromatic carbocycles. The number of halogens is 2. The molecule has 0 spiro atoms. The molecule has 0 aliphatic heterocycles. The van der Waals surface area contributed by atoms with Crippen molar-refractivity contribution in [2.24, 2.45) is 0 Å². The predicted molar refractivity (Wildman–Crippen MR) is 42.9 cm³/mol. The Morgan fingerprint density at radius 1 is 1.42 bits per heavy atom. The fourth-order valence-electron chi connectivity index (χ4n) is 0.733. The van der Waals surface area contributed by atoms with Gasteiger partial charge >= 0.3 is 0 Å². The van der Waals surface area contributed by atoms with Gasteiger partial charge in [-0.25, -0.2) is 0 Å². The Morgan fingerprint density at radius 3 is 2.58 bits per heavy atom. The van der Waals surface area contributed by atoms with Crippen LogP contribution in [0.5, 0.6) is 0 Å². The molecular formula is C9H12F2O. The van der Waals surface area contributed by atoms with Gasteiger partial charge in [0, 0.05) is 6.42 Å². The van der Waals surface area contributed by atoms with Crippen LogP contribution in [-0.4, -0.2) is 12.2 Å². The molecular weight excluding hydrogens is 162 g/mol. The smallest absolute Gasteiger partial charge is 0.285 e. The second kappa shape index (κ2) is 6.78. The third kappa shape index (κ3) is 7.20. The summed E-state index contributed by atoms with van der Waals surface area (Å²) in [6.07, 6.45) is 0.304. The summed E-state index contributed by atoms with van der Waals surface area (Å²) >= 11 is 0. The van der Waals surface area contributed by atoms with Crippen LogP contribution >= 0.6 is 0 Å². The molecule has 0 atom stereocenters. The molecule has 0 bridgehead atoms. The Labute approximate surface area is 71.2 Å². The minimum atomic E-state index is -2.69. The first-order valence-corrected chi connectivity index (χ1v) is 3.99. The maximum atomic E-state index is 11.5. The maximum Gasteiger partial charge on any atom is 0.299 e. The van der Waals surface area contributed by atoms with Crippen LogP contribution in [0, 0.1) is 11.8 Å². The molecule has 0 amide bonds. The lowest BCUT2D eigenvalue weighted by molar-refractivity contribution is -0.113. The Bertz CT molecular complexity index is 188. The molecule has 0 aromatic heterocycles. The third-order valence-corrected chi connectivity index (χ3v) is 1.33. The predicted octanol–water partition coefficient (Wildman–Crippen LogP) is 2.40. The monoisotopic (exact) mass is 174 g/mol. The second-order valence-electron chi connectivity index (χ2n) is 2.45. The maximum absolute atomic E-state index is 11.5. The molecule has 68 valence electrons. The van der Waals surface area contributed by atoms with Gasteiger partial charge in [-0.1, -0.05) is 19.8 Å². The van der Waals surface area contributed by atoms with Crippen LogP contribution in [0.1, 0.15) is 32.6 Å². The molecule has 12 heavy (non-hydrogen) atoms. The van der Waals surface area contributed by atoms with Gasteiger partial charge in [0.1, 0.15) is 0 Å². The van der Waals surface area contributed by atoms with Crippen molar-refractivity contribution in [1.29, 1.82) is 0 Å². The number of hydrogen-bond donors (Lipinski definition) is 0. The van der Waals surface area contributed by atoms with Crippen molar-refractivity contribution < 1.29 is 13.6 Å². The molecule has 0 saturated heterocycles. The number of carbonyl (C=O) groups is 1. The molecule has 0 aromatic rings. The van der Waals surface area contributed by atoms with Crippen molar-refractivity contribution in [2.75, 3.05) is 0 Å². The molecule has 0 aliphatic carbocycles. The topological polar surface area (TPSA) is 17.1 Å². The Kier molecular flexibility index (Phi) is 6.26. The average Bonchev–Trinajstić information content (AvgIpc) is 2.01. The first kappa shape index (κ1) is 11.1. The first-order valence-electron chi connectivity index (χ1n) is 3.99. The normalized spacial score (nSPS) is 9.33. The van der Waals surface area contributed by atoms with Crippen molar-refractivity contribution >= 4 is 5.78 Å². The van der Waals surface area contributed by atoms with Crippen molar-refractivity contribution in [1.82, 2.24) is 0 Å². The van der Waals surface area contributed by atoms with Crippen LogP contribution in [-0.2, 0) is 4.79 Å². The lowest BCUT2D eigenvalue weighted by Crippen LogP contribution is -1.94. The molecule has 0 rings (SSSR count). The van der Waals surface area contributed by atoms with Gasteiger partial charge in [-0.05, 0) is 18.3 Å². The summed E-state index contributed by atoms with van der Waals surface area (Å²) < 4.78 is 22.9. The van der Waals surface area contributed by atoms with E-state index in [4.69, 9.17) is 0 Å². The lowest BCUT2D eigenvalue weighted by Gasteiger charge is -1.91. The van der Waals surface area contributed by atoms with Crippen molar-refractivity contribution in [3.05, 3.63) is 0 Å². The molecule has 3 heteroatoms. The number of hydrogen-bond acceptors (Lipinski definition) is 1. The molecule has 0 radical (unpaired) electrons. The molecule has 0 fully saturated rings. The summed E-state index contributed by atoms with van der Waals surface area (Å²) in [7, 11) is 0. The van der Waals surface area contributed by atoms with E-state index in [-0.39, 0.29) is 5.78 Å². The van der Waals surface area contributed by atoms with Crippen molar-refractivity contribution in [3.8, 4) is 11.8 Å². The molecule has 0 aliphatic rings. The van der Waals surface area contributed by atoms with E-state index in [1.165, 1.54) is 5.92 Å². The van der Waals surface area contributed by atoms with E-state index in [2.05, 4.69) is 0 Å². The van der Waals surface area contributed by atoms with Gasteiger partial charge in [0.25, 0.3) is 6.43 Å². The summed E-state index contributed by atoms with van der Waals surface area (Å²) in [5.74, 6) is 3.06. The quantitative estimate of drug-likeness (QED) is 0.363. The summed E-state index contributed by atoms with van der Waals surface area (Å²) in [6.45, 7) is 2.01. The van der Waals surface area contributed by atoms with Crippen molar-refractivity contribution in [2.45, 2.75) is 39.0 Å². The molecule has 0 unspecified atom stereocenters. The van der Waals surface area contributed by atoms with E-state index >= 15 is 0 Å². The highest BCUT2D eigenvalue weighted by atomic mass is 19.3. The second-order valence-corrected chi connectivity index (χ2v) is 2.45. The Morgan fingerprint density at radius 2 is 2.08 bits per heavy atom. The van der Waals surface area contributed by atoms with Crippen molar-refractivity contribution in [3.63, 3.8) is 0 Å². The molecule has 0 heterocycles. The van der Waals surface area contributed by atoms with Crippen LogP contribution in [0.3, 0.4) is 0 Å². The molecule has 0 saturated carbocycles. The van der Waals surface area contributed by atoms with Gasteiger partial charge in [-0.15, -0.1) is 0 Å². The number of unbranched alkanes of at least 4 members (excludes halogenated alkanes) is 2. The van der Waals surface area contributed by atoms with E-state index in [0.717, 1.165) is 19.3 Å². The largest absolute Gasteiger partial charge is 0.299 e. The van der Waals surface area contributed by atoms with Crippen LogP contribution in [0.2, 0.25) is 0 Å². The number of carbonyl (C=O) groups excluding carboxylic acids is 1. The van der Waals surface area contributed by atoms with E-state index in [9.17, 15) is 13.6 Å². The van der Waals surface area contributed by atoms with E-state index < -0.39 is 6.43 Å². The fraction of sp³-hybridized carbons (Fsp3) is 0.667. The highest BCUT2D eigenvalue weighted by Gasteiger charge is 1.97. The zero-order valence-electron chi connectivity index (χ0n) is 7.07. The summed E-state index contributed by atoms with van der Waals surface area (Å²) in [5, 5.41) is 0. The first-order chi connectivity index (χ1) is 5.66. The summed E-state index contributed by atoms with van der Waals surface area (Å²) in [6, 6.07) is 0. The van der Waals surface area contributed by atoms with E-state index in [1.54, 1.807) is 0 Å². The number of ketones is 1. The van der Waals surface area contributed by atoms with Gasteiger partial charge in [-0.3, -0.25) is 4.79 Å². The van der Waals surface area contributed by atoms with Gasteiger partial charge in [0.15, 0.2) is 0 Å². The van der Waals surface area contributed by atoms with E-state index in [1.807, 2.05) is 12.8 Å². The number of rotatable bonds is 4. The molecule has 1 nitrogen and oxygen atoms in total. The van der Waals surface area contributed by atoms with Gasteiger partial charge in [0.05, 0.1) is 0 Å². The number of Topliss-reactive ketones (excluding diaryl/α,β-unsaturated/α-hetero) is 1. The highest BCUT2D eigenvalue weighted by molar-refractivity contribution is 5.95. The summed E-state index contributed by atoms with van der Waals surface area (Å²) in [5.41, 5.74) is 0. The Hall–Kier alpha value is -0.910. The summed E-state index contributed by atoms with van der Waals surface area (Å²) in [4.78, 5) is 10.7. The Balaban J connectivity index is 3.55. The highest BCUT2D eigenvalue weighted by Crippen LogP contribution is 1.99. The minimum Gasteiger partial charge on any atom is -0.285 e. The molecule has 0 N–H and O–H groups in total. The van der Waals surface area contributed by atoms with Crippen LogP contribution in [0.25, 0.3) is 0 Å². The standard InChI is InChI=1S/C9H12F2O/c1-2-3-4-5-8(12)6-7-9(10)11/h9H,2-5H2,1H3. The SMILES string of the molecule is CCCCCC(=O)C#CC(F)F. The van der Waals surface area contributed by atoms with Crippen LogP contribution in [0.15, 0.2) is 0 Å². The van der Waals surface area contributed by atoms with E-state index in [0.29, 0.717) is 6.42 Å². The van der Waals surface area contributed by atoms with Crippen LogP contribution in [0.4, 0.5) is 8.78 Å². The lowest BCUT2D eigenvalue weighted by atomic mass is 10.1. The third-order valence-electron chi connectivity index (χ3n) is 1.33. The zero-order chi connectivity index (χ0) is 9.40. The van der Waals surface area contributed by atoms with Gasteiger partial charge < -0.3 is 0 Å². The zero-order valence-corrected chi connectivity index (χ0v) is 7.07. The average molecular weight is 174 g/mol. The number of alkyl halides is 2. The minimum absolute atomic E-state index is 0.299. The van der Waals surface area contributed by atoms with Gasteiger partial charge in [-0.2, -0.15) is 8.78 Å².